The smallest absolute Gasteiger partial charge is 0.00790 e. The first-order valence-electron chi connectivity index (χ1n) is 6.70. The van der Waals surface area contributed by atoms with Crippen molar-refractivity contribution in [1.82, 2.24) is 10.2 Å². The molecule has 0 fully saturated rings. The van der Waals surface area contributed by atoms with Crippen molar-refractivity contribution in [3.8, 4) is 0 Å². The van der Waals surface area contributed by atoms with E-state index in [2.05, 4.69) is 37.9 Å². The lowest BCUT2D eigenvalue weighted by Crippen LogP contribution is -2.36. The fraction of sp³-hybridized carbons (Fsp3) is 1.00. The molecule has 0 radical (unpaired) electrons. The molecule has 0 bridgehead atoms. The van der Waals surface area contributed by atoms with Gasteiger partial charge in [0.05, 0.1) is 0 Å². The Bertz CT molecular complexity index is 120. The van der Waals surface area contributed by atoms with E-state index in [1.54, 1.807) is 0 Å². The first-order chi connectivity index (χ1) is 7.26. The van der Waals surface area contributed by atoms with Gasteiger partial charge in [0.25, 0.3) is 0 Å². The third kappa shape index (κ3) is 7.80. The van der Waals surface area contributed by atoms with Crippen molar-refractivity contribution >= 4 is 0 Å². The van der Waals surface area contributed by atoms with Crippen LogP contribution in [-0.2, 0) is 0 Å². The van der Waals surface area contributed by atoms with Gasteiger partial charge in [0.2, 0.25) is 0 Å². The molecule has 0 saturated carbocycles. The highest BCUT2D eigenvalue weighted by Crippen LogP contribution is 2.05. The van der Waals surface area contributed by atoms with E-state index in [0.29, 0.717) is 0 Å². The monoisotopic (exact) mass is 214 g/mol. The summed E-state index contributed by atoms with van der Waals surface area (Å²) in [5, 5.41) is 3.48. The van der Waals surface area contributed by atoms with Gasteiger partial charge < -0.3 is 10.2 Å². The van der Waals surface area contributed by atoms with E-state index in [-0.39, 0.29) is 0 Å². The lowest BCUT2D eigenvalue weighted by molar-refractivity contribution is 0.199. The number of rotatable bonds is 10. The van der Waals surface area contributed by atoms with Crippen LogP contribution in [0.2, 0.25) is 0 Å². The second kappa shape index (κ2) is 10.4. The molecule has 0 rings (SSSR count). The first kappa shape index (κ1) is 14.9. The Labute approximate surface area is 96.4 Å². The van der Waals surface area contributed by atoms with Gasteiger partial charge in [0.1, 0.15) is 0 Å². The fourth-order valence-electron chi connectivity index (χ4n) is 1.92. The van der Waals surface area contributed by atoms with Crippen LogP contribution in [0.15, 0.2) is 0 Å². The first-order valence-corrected chi connectivity index (χ1v) is 6.70. The quantitative estimate of drug-likeness (QED) is 0.563. The fourth-order valence-corrected chi connectivity index (χ4v) is 1.92. The SMILES string of the molecule is CCCNCCC(C)N(CCC)CCC. The summed E-state index contributed by atoms with van der Waals surface area (Å²) in [6, 6.07) is 0.731. The van der Waals surface area contributed by atoms with Gasteiger partial charge in [-0.3, -0.25) is 0 Å². The van der Waals surface area contributed by atoms with Crippen LogP contribution < -0.4 is 5.32 Å². The van der Waals surface area contributed by atoms with Crippen LogP contribution in [0.1, 0.15) is 53.4 Å². The van der Waals surface area contributed by atoms with E-state index in [9.17, 15) is 0 Å². The van der Waals surface area contributed by atoms with Crippen LogP contribution in [0.5, 0.6) is 0 Å². The Balaban J connectivity index is 3.65. The van der Waals surface area contributed by atoms with Crippen LogP contribution in [0.3, 0.4) is 0 Å². The summed E-state index contributed by atoms with van der Waals surface area (Å²) >= 11 is 0. The highest BCUT2D eigenvalue weighted by Gasteiger charge is 2.10. The summed E-state index contributed by atoms with van der Waals surface area (Å²) in [6.07, 6.45) is 5.06. The molecular weight excluding hydrogens is 184 g/mol. The Hall–Kier alpha value is -0.0800. The second-order valence-electron chi connectivity index (χ2n) is 4.42. The summed E-state index contributed by atoms with van der Waals surface area (Å²) in [7, 11) is 0. The van der Waals surface area contributed by atoms with Crippen molar-refractivity contribution in [1.29, 1.82) is 0 Å². The van der Waals surface area contributed by atoms with Crippen LogP contribution in [-0.4, -0.2) is 37.1 Å². The second-order valence-corrected chi connectivity index (χ2v) is 4.42. The maximum absolute atomic E-state index is 3.48. The Morgan fingerprint density at radius 2 is 1.53 bits per heavy atom. The van der Waals surface area contributed by atoms with Gasteiger partial charge in [-0.1, -0.05) is 20.8 Å². The van der Waals surface area contributed by atoms with E-state index in [4.69, 9.17) is 0 Å². The molecule has 0 aromatic rings. The van der Waals surface area contributed by atoms with Gasteiger partial charge in [0.15, 0.2) is 0 Å². The summed E-state index contributed by atoms with van der Waals surface area (Å²) in [4.78, 5) is 2.62. The Kier molecular flexibility index (Phi) is 10.4. The van der Waals surface area contributed by atoms with Gasteiger partial charge in [-0.15, -0.1) is 0 Å². The normalized spacial score (nSPS) is 13.4. The number of hydrogen-bond donors (Lipinski definition) is 1. The van der Waals surface area contributed by atoms with E-state index in [0.717, 1.165) is 12.6 Å². The average molecular weight is 214 g/mol. The molecule has 92 valence electrons. The molecule has 2 nitrogen and oxygen atoms in total. The van der Waals surface area contributed by atoms with Crippen molar-refractivity contribution < 1.29 is 0 Å². The third-order valence-electron chi connectivity index (χ3n) is 2.81. The number of nitrogens with one attached hydrogen (secondary N) is 1. The van der Waals surface area contributed by atoms with Crippen molar-refractivity contribution in [2.75, 3.05) is 26.2 Å². The molecule has 0 amide bonds. The predicted octanol–water partition coefficient (Wildman–Crippen LogP) is 2.89. The van der Waals surface area contributed by atoms with Gasteiger partial charge in [-0.05, 0) is 58.8 Å². The number of nitrogens with zero attached hydrogens (tertiary/aromatic N) is 1. The molecule has 0 aromatic heterocycles. The molecule has 1 unspecified atom stereocenters. The maximum atomic E-state index is 3.48. The third-order valence-corrected chi connectivity index (χ3v) is 2.81. The molecular formula is C13H30N2. The molecule has 0 heterocycles. The Morgan fingerprint density at radius 1 is 0.933 bits per heavy atom. The minimum Gasteiger partial charge on any atom is -0.317 e. The molecule has 0 aliphatic carbocycles. The van der Waals surface area contributed by atoms with Gasteiger partial charge in [-0.2, -0.15) is 0 Å². The zero-order chi connectivity index (χ0) is 11.5. The summed E-state index contributed by atoms with van der Waals surface area (Å²) in [5.41, 5.74) is 0. The molecule has 2 heteroatoms. The minimum absolute atomic E-state index is 0.731. The highest BCUT2D eigenvalue weighted by atomic mass is 15.1. The molecule has 0 aliphatic heterocycles. The lowest BCUT2D eigenvalue weighted by atomic mass is 10.2. The van der Waals surface area contributed by atoms with Crippen molar-refractivity contribution in [3.05, 3.63) is 0 Å². The summed E-state index contributed by atoms with van der Waals surface area (Å²) in [5.74, 6) is 0. The van der Waals surface area contributed by atoms with E-state index >= 15 is 0 Å². The minimum atomic E-state index is 0.731. The summed E-state index contributed by atoms with van der Waals surface area (Å²) < 4.78 is 0. The molecule has 0 aliphatic rings. The van der Waals surface area contributed by atoms with Gasteiger partial charge >= 0.3 is 0 Å². The van der Waals surface area contributed by atoms with Crippen LogP contribution in [0, 0.1) is 0 Å². The van der Waals surface area contributed by atoms with Crippen LogP contribution >= 0.6 is 0 Å². The van der Waals surface area contributed by atoms with E-state index < -0.39 is 0 Å². The van der Waals surface area contributed by atoms with Gasteiger partial charge in [-0.25, -0.2) is 0 Å². The van der Waals surface area contributed by atoms with Gasteiger partial charge in [0, 0.05) is 6.04 Å². The maximum Gasteiger partial charge on any atom is 0.00790 e. The largest absolute Gasteiger partial charge is 0.317 e. The van der Waals surface area contributed by atoms with Crippen molar-refractivity contribution in [2.24, 2.45) is 0 Å². The zero-order valence-electron chi connectivity index (χ0n) is 11.2. The molecule has 1 atom stereocenters. The topological polar surface area (TPSA) is 15.3 Å². The predicted molar refractivity (Wildman–Crippen MR) is 69.4 cm³/mol. The molecule has 15 heavy (non-hydrogen) atoms. The highest BCUT2D eigenvalue weighted by molar-refractivity contribution is 4.67. The van der Waals surface area contributed by atoms with Crippen molar-refractivity contribution in [2.45, 2.75) is 59.4 Å². The molecule has 0 spiro atoms. The molecule has 0 aromatic carbocycles. The zero-order valence-corrected chi connectivity index (χ0v) is 11.2. The Morgan fingerprint density at radius 3 is 2.00 bits per heavy atom. The summed E-state index contributed by atoms with van der Waals surface area (Å²) in [6.45, 7) is 13.9. The average Bonchev–Trinajstić information content (AvgIpc) is 2.24. The van der Waals surface area contributed by atoms with Crippen LogP contribution in [0.4, 0.5) is 0 Å². The molecule has 0 saturated heterocycles. The standard InChI is InChI=1S/C13H30N2/c1-5-9-14-10-8-13(4)15(11-6-2)12-7-3/h13-14H,5-12H2,1-4H3. The van der Waals surface area contributed by atoms with Crippen molar-refractivity contribution in [3.63, 3.8) is 0 Å². The van der Waals surface area contributed by atoms with E-state index in [1.165, 1.54) is 45.3 Å². The van der Waals surface area contributed by atoms with E-state index in [1.807, 2.05) is 0 Å². The number of hydrogen-bond acceptors (Lipinski definition) is 2. The molecule has 1 N–H and O–H groups in total. The van der Waals surface area contributed by atoms with Crippen LogP contribution in [0.25, 0.3) is 0 Å². The lowest BCUT2D eigenvalue weighted by Gasteiger charge is -2.28.